The minimum absolute atomic E-state index is 0.229. The van der Waals surface area contributed by atoms with E-state index >= 15 is 0 Å². The van der Waals surface area contributed by atoms with Crippen LogP contribution in [0.1, 0.15) is 0 Å². The van der Waals surface area contributed by atoms with Crippen molar-refractivity contribution in [3.05, 3.63) is 30.3 Å². The smallest absolute Gasteiger partial charge is 0.249 e. The summed E-state index contributed by atoms with van der Waals surface area (Å²) in [5.41, 5.74) is 0.610. The van der Waals surface area contributed by atoms with Gasteiger partial charge in [-0.3, -0.25) is 9.59 Å². The van der Waals surface area contributed by atoms with Gasteiger partial charge in [0.15, 0.2) is 0 Å². The molecule has 0 bridgehead atoms. The number of benzene rings is 1. The summed E-state index contributed by atoms with van der Waals surface area (Å²) in [7, 11) is 0. The molecular formula is C10H7Br2NO2. The number of carbonyl (C=O) groups is 2. The molecule has 0 aliphatic carbocycles. The molecule has 1 aliphatic heterocycles. The Balaban J connectivity index is 2.39. The van der Waals surface area contributed by atoms with E-state index in [0.717, 1.165) is 0 Å². The number of nitrogens with zero attached hydrogens (tertiary/aromatic N) is 1. The molecule has 1 aromatic carbocycles. The Morgan fingerprint density at radius 2 is 1.40 bits per heavy atom. The number of hydrogen-bond donors (Lipinski definition) is 0. The van der Waals surface area contributed by atoms with Gasteiger partial charge in [0.05, 0.1) is 5.69 Å². The number of halogens is 2. The highest BCUT2D eigenvalue weighted by Crippen LogP contribution is 2.30. The third-order valence-corrected chi connectivity index (χ3v) is 4.73. The van der Waals surface area contributed by atoms with Gasteiger partial charge in [-0.15, -0.1) is 0 Å². The lowest BCUT2D eigenvalue weighted by Gasteiger charge is -2.13. The first-order valence-corrected chi connectivity index (χ1v) is 6.17. The van der Waals surface area contributed by atoms with Crippen LogP contribution in [0.25, 0.3) is 0 Å². The van der Waals surface area contributed by atoms with Gasteiger partial charge < -0.3 is 0 Å². The van der Waals surface area contributed by atoms with Gasteiger partial charge in [0.2, 0.25) is 11.8 Å². The Morgan fingerprint density at radius 3 is 1.87 bits per heavy atom. The van der Waals surface area contributed by atoms with Gasteiger partial charge in [-0.05, 0) is 12.1 Å². The highest BCUT2D eigenvalue weighted by atomic mass is 79.9. The van der Waals surface area contributed by atoms with E-state index in [0.29, 0.717) is 5.69 Å². The number of anilines is 1. The molecule has 1 aliphatic rings. The van der Waals surface area contributed by atoms with E-state index in [1.807, 2.05) is 6.07 Å². The van der Waals surface area contributed by atoms with Crippen molar-refractivity contribution in [2.75, 3.05) is 4.90 Å². The van der Waals surface area contributed by atoms with Crippen molar-refractivity contribution in [3.63, 3.8) is 0 Å². The second-order valence-corrected chi connectivity index (χ2v) is 5.12. The van der Waals surface area contributed by atoms with Crippen LogP contribution in [0.15, 0.2) is 30.3 Å². The molecule has 0 aromatic heterocycles. The summed E-state index contributed by atoms with van der Waals surface area (Å²) in [5, 5.41) is 0. The van der Waals surface area contributed by atoms with Gasteiger partial charge in [0.25, 0.3) is 0 Å². The largest absolute Gasteiger partial charge is 0.273 e. The fourth-order valence-electron chi connectivity index (χ4n) is 1.44. The molecule has 1 aromatic rings. The van der Waals surface area contributed by atoms with Crippen LogP contribution in [0.5, 0.6) is 0 Å². The average molecular weight is 333 g/mol. The molecule has 0 N–H and O–H groups in total. The zero-order valence-electron chi connectivity index (χ0n) is 7.56. The maximum Gasteiger partial charge on any atom is 0.249 e. The number of alkyl halides is 2. The highest BCUT2D eigenvalue weighted by molar-refractivity contribution is 9.12. The van der Waals surface area contributed by atoms with Crippen molar-refractivity contribution >= 4 is 49.4 Å². The third-order valence-electron chi connectivity index (χ3n) is 2.18. The quantitative estimate of drug-likeness (QED) is 0.583. The number of imide groups is 1. The summed E-state index contributed by atoms with van der Waals surface area (Å²) in [6, 6.07) is 8.90. The first-order valence-electron chi connectivity index (χ1n) is 4.34. The summed E-state index contributed by atoms with van der Waals surface area (Å²) in [5.74, 6) is -0.457. The fourth-order valence-corrected chi connectivity index (χ4v) is 2.30. The van der Waals surface area contributed by atoms with E-state index in [4.69, 9.17) is 0 Å². The lowest BCUT2D eigenvalue weighted by Crippen LogP contribution is -2.30. The van der Waals surface area contributed by atoms with Crippen LogP contribution in [-0.2, 0) is 9.59 Å². The molecule has 1 fully saturated rings. The van der Waals surface area contributed by atoms with Crippen molar-refractivity contribution in [1.29, 1.82) is 0 Å². The maximum atomic E-state index is 11.8. The van der Waals surface area contributed by atoms with E-state index in [1.165, 1.54) is 4.90 Å². The van der Waals surface area contributed by atoms with Gasteiger partial charge in [-0.1, -0.05) is 50.1 Å². The normalized spacial score (nSPS) is 26.1. The van der Waals surface area contributed by atoms with Gasteiger partial charge in [0.1, 0.15) is 9.65 Å². The fraction of sp³-hybridized carbons (Fsp3) is 0.200. The van der Waals surface area contributed by atoms with E-state index in [1.54, 1.807) is 24.3 Å². The molecule has 1 heterocycles. The van der Waals surface area contributed by atoms with E-state index in [-0.39, 0.29) is 11.8 Å². The third kappa shape index (κ3) is 1.74. The second kappa shape index (κ2) is 4.06. The van der Waals surface area contributed by atoms with Crippen molar-refractivity contribution in [1.82, 2.24) is 0 Å². The molecule has 0 spiro atoms. The Bertz CT molecular complexity index is 387. The van der Waals surface area contributed by atoms with Crippen LogP contribution < -0.4 is 4.90 Å². The number of rotatable bonds is 1. The number of carbonyl (C=O) groups excluding carboxylic acids is 2. The molecule has 5 heteroatoms. The molecule has 2 atom stereocenters. The van der Waals surface area contributed by atoms with Gasteiger partial charge in [0, 0.05) is 0 Å². The van der Waals surface area contributed by atoms with Crippen LogP contribution in [0.4, 0.5) is 5.69 Å². The number of amides is 2. The summed E-state index contributed by atoms with van der Waals surface area (Å²) in [6.45, 7) is 0. The lowest BCUT2D eigenvalue weighted by atomic mass is 10.3. The molecule has 3 nitrogen and oxygen atoms in total. The van der Waals surface area contributed by atoms with E-state index < -0.39 is 9.65 Å². The van der Waals surface area contributed by atoms with Crippen LogP contribution in [0.3, 0.4) is 0 Å². The topological polar surface area (TPSA) is 37.4 Å². The van der Waals surface area contributed by atoms with Gasteiger partial charge >= 0.3 is 0 Å². The first kappa shape index (κ1) is 10.8. The maximum absolute atomic E-state index is 11.8. The summed E-state index contributed by atoms with van der Waals surface area (Å²) in [6.07, 6.45) is 0. The standard InChI is InChI=1S/C10H7Br2NO2/c11-7-8(12)10(15)13(9(7)14)6-4-2-1-3-5-6/h1-5,7-8H/t7-,8-/m1/s1. The Kier molecular flexibility index (Phi) is 2.93. The van der Waals surface area contributed by atoms with Crippen LogP contribution in [0, 0.1) is 0 Å². The SMILES string of the molecule is O=C1[C@H](Br)[C@@H](Br)C(=O)N1c1ccccc1. The zero-order valence-corrected chi connectivity index (χ0v) is 10.7. The Hall–Kier alpha value is -0.680. The molecule has 0 radical (unpaired) electrons. The Morgan fingerprint density at radius 1 is 0.933 bits per heavy atom. The van der Waals surface area contributed by atoms with Crippen LogP contribution >= 0.6 is 31.9 Å². The Labute approximate surface area is 104 Å². The van der Waals surface area contributed by atoms with Gasteiger partial charge in [-0.25, -0.2) is 4.90 Å². The van der Waals surface area contributed by atoms with Crippen molar-refractivity contribution in [2.45, 2.75) is 9.65 Å². The predicted molar refractivity (Wildman–Crippen MR) is 64.4 cm³/mol. The first-order chi connectivity index (χ1) is 7.13. The van der Waals surface area contributed by atoms with Crippen molar-refractivity contribution in [3.8, 4) is 0 Å². The molecule has 2 rings (SSSR count). The minimum atomic E-state index is -0.481. The lowest BCUT2D eigenvalue weighted by molar-refractivity contribution is -0.121. The average Bonchev–Trinajstić information content (AvgIpc) is 2.45. The molecule has 1 saturated heterocycles. The summed E-state index contributed by atoms with van der Waals surface area (Å²) >= 11 is 6.38. The van der Waals surface area contributed by atoms with Crippen molar-refractivity contribution < 1.29 is 9.59 Å². The monoisotopic (exact) mass is 331 g/mol. The molecule has 0 saturated carbocycles. The molecular weight excluding hydrogens is 326 g/mol. The highest BCUT2D eigenvalue weighted by Gasteiger charge is 2.45. The second-order valence-electron chi connectivity index (χ2n) is 3.15. The predicted octanol–water partition coefficient (Wildman–Crippen LogP) is 2.09. The zero-order chi connectivity index (χ0) is 11.0. The molecule has 2 amide bonds. The molecule has 15 heavy (non-hydrogen) atoms. The molecule has 0 unspecified atom stereocenters. The summed E-state index contributed by atoms with van der Waals surface area (Å²) < 4.78 is 0. The van der Waals surface area contributed by atoms with E-state index in [9.17, 15) is 9.59 Å². The summed E-state index contributed by atoms with van der Waals surface area (Å²) in [4.78, 5) is 23.7. The minimum Gasteiger partial charge on any atom is -0.273 e. The van der Waals surface area contributed by atoms with Crippen LogP contribution in [0.2, 0.25) is 0 Å². The number of hydrogen-bond acceptors (Lipinski definition) is 2. The van der Waals surface area contributed by atoms with Crippen molar-refractivity contribution in [2.24, 2.45) is 0 Å². The van der Waals surface area contributed by atoms with E-state index in [2.05, 4.69) is 31.9 Å². The number of para-hydroxylation sites is 1. The van der Waals surface area contributed by atoms with Gasteiger partial charge in [-0.2, -0.15) is 0 Å². The van der Waals surface area contributed by atoms with Crippen LogP contribution in [-0.4, -0.2) is 21.5 Å². The molecule has 78 valence electrons.